The number of hydrogen-bond acceptors (Lipinski definition) is 2. The summed E-state index contributed by atoms with van der Waals surface area (Å²) in [6, 6.07) is 2.67. The van der Waals surface area contributed by atoms with Gasteiger partial charge in [-0.05, 0) is 6.07 Å². The average molecular weight is 143 g/mol. The van der Waals surface area contributed by atoms with Crippen LogP contribution < -0.4 is 10.3 Å². The third-order valence-corrected chi connectivity index (χ3v) is 0.977. The summed E-state index contributed by atoms with van der Waals surface area (Å²) in [5, 5.41) is 0. The maximum absolute atomic E-state index is 11.5. The molecule has 0 aliphatic rings. The van der Waals surface area contributed by atoms with E-state index in [4.69, 9.17) is 0 Å². The van der Waals surface area contributed by atoms with Crippen LogP contribution >= 0.6 is 0 Å². The van der Waals surface area contributed by atoms with Gasteiger partial charge in [0.15, 0.2) is 0 Å². The van der Waals surface area contributed by atoms with Gasteiger partial charge in [-0.1, -0.05) is 0 Å². The number of hydrogen-bond donors (Lipinski definition) is 1. The second-order valence-electron chi connectivity index (χ2n) is 1.64. The molecule has 0 fully saturated rings. The summed E-state index contributed by atoms with van der Waals surface area (Å²) in [5.41, 5.74) is -0.230. The molecular weight excluding hydrogens is 137 g/mol. The van der Waals surface area contributed by atoms with Crippen LogP contribution in [0.1, 0.15) is 0 Å². The second-order valence-corrected chi connectivity index (χ2v) is 1.64. The predicted octanol–water partition coefficient (Wildman–Crippen LogP) is 0.681. The third kappa shape index (κ3) is 1.58. The van der Waals surface area contributed by atoms with Crippen LogP contribution in [-0.2, 0) is 0 Å². The highest BCUT2D eigenvalue weighted by molar-refractivity contribution is 5.15. The van der Waals surface area contributed by atoms with Gasteiger partial charge in [0.1, 0.15) is 5.75 Å². The monoisotopic (exact) mass is 143 g/mol. The number of aromatic nitrogens is 1. The Kier molecular flexibility index (Phi) is 2.04. The molecule has 0 saturated heterocycles. The minimum absolute atomic E-state index is 0.230. The summed E-state index contributed by atoms with van der Waals surface area (Å²) in [6.45, 7) is -0.883. The molecule has 0 bridgehead atoms. The molecule has 0 spiro atoms. The largest absolute Gasteiger partial charge is 0.461 e. The lowest BCUT2D eigenvalue weighted by molar-refractivity contribution is 0.191. The molecule has 1 N–H and O–H groups in total. The molecule has 3 nitrogen and oxygen atoms in total. The average Bonchev–Trinajstić information content (AvgIpc) is 1.95. The summed E-state index contributed by atoms with van der Waals surface area (Å²) in [4.78, 5) is 12.8. The van der Waals surface area contributed by atoms with Gasteiger partial charge >= 0.3 is 0 Å². The van der Waals surface area contributed by atoms with E-state index in [1.165, 1.54) is 18.3 Å². The minimum Gasteiger partial charge on any atom is -0.461 e. The molecule has 54 valence electrons. The van der Waals surface area contributed by atoms with E-state index in [0.717, 1.165) is 0 Å². The van der Waals surface area contributed by atoms with E-state index in [2.05, 4.69) is 9.72 Å². The third-order valence-electron chi connectivity index (χ3n) is 0.977. The zero-order chi connectivity index (χ0) is 7.40. The molecule has 1 aromatic heterocycles. The first-order chi connectivity index (χ1) is 4.83. The lowest BCUT2D eigenvalue weighted by Crippen LogP contribution is -2.02. The normalized spacial score (nSPS) is 9.30. The number of aromatic amines is 1. The first-order valence-corrected chi connectivity index (χ1v) is 2.70. The molecule has 0 unspecified atom stereocenters. The highest BCUT2D eigenvalue weighted by Crippen LogP contribution is 2.03. The van der Waals surface area contributed by atoms with E-state index >= 15 is 0 Å². The Morgan fingerprint density at radius 1 is 1.60 bits per heavy atom. The topological polar surface area (TPSA) is 42.1 Å². The van der Waals surface area contributed by atoms with E-state index in [1.807, 2.05) is 0 Å². The lowest BCUT2D eigenvalue weighted by Gasteiger charge is -1.96. The summed E-state index contributed by atoms with van der Waals surface area (Å²) in [6.07, 6.45) is 1.31. The Hall–Kier alpha value is -1.32. The number of ether oxygens (including phenoxy) is 1. The zero-order valence-electron chi connectivity index (χ0n) is 5.13. The van der Waals surface area contributed by atoms with Crippen molar-refractivity contribution in [2.45, 2.75) is 0 Å². The molecule has 0 saturated carbocycles. The number of H-pyrrole nitrogens is 1. The number of alkyl halides is 1. The van der Waals surface area contributed by atoms with Crippen LogP contribution in [-0.4, -0.2) is 11.8 Å². The van der Waals surface area contributed by atoms with Crippen molar-refractivity contribution in [2.24, 2.45) is 0 Å². The molecule has 4 heteroatoms. The van der Waals surface area contributed by atoms with Gasteiger partial charge in [0.25, 0.3) is 0 Å². The Morgan fingerprint density at radius 2 is 2.40 bits per heavy atom. The smallest absolute Gasteiger partial charge is 0.248 e. The Morgan fingerprint density at radius 3 is 2.90 bits per heavy atom. The Labute approximate surface area is 56.5 Å². The Bertz CT molecular complexity index is 238. The molecule has 10 heavy (non-hydrogen) atoms. The molecule has 0 aromatic carbocycles. The summed E-state index contributed by atoms with van der Waals surface area (Å²) >= 11 is 0. The fourth-order valence-corrected chi connectivity index (χ4v) is 0.549. The maximum atomic E-state index is 11.5. The van der Waals surface area contributed by atoms with E-state index in [9.17, 15) is 9.18 Å². The van der Waals surface area contributed by atoms with Gasteiger partial charge in [0, 0.05) is 12.3 Å². The number of nitrogens with one attached hydrogen (secondary N) is 1. The van der Waals surface area contributed by atoms with Gasteiger partial charge in [-0.3, -0.25) is 4.79 Å². The fraction of sp³-hybridized carbons (Fsp3) is 0.167. The van der Waals surface area contributed by atoms with Crippen molar-refractivity contribution in [1.29, 1.82) is 0 Å². The molecule has 0 aliphatic heterocycles. The van der Waals surface area contributed by atoms with Crippen molar-refractivity contribution in [2.75, 3.05) is 6.86 Å². The Balaban J connectivity index is 2.79. The number of halogens is 1. The second kappa shape index (κ2) is 3.00. The van der Waals surface area contributed by atoms with E-state index in [0.29, 0.717) is 5.75 Å². The van der Waals surface area contributed by atoms with Gasteiger partial charge in [-0.25, -0.2) is 4.39 Å². The summed E-state index contributed by atoms with van der Waals surface area (Å²) in [5.74, 6) is 0.321. The van der Waals surface area contributed by atoms with Crippen LogP contribution in [0, 0.1) is 0 Å². The van der Waals surface area contributed by atoms with Crippen molar-refractivity contribution < 1.29 is 9.13 Å². The highest BCUT2D eigenvalue weighted by Gasteiger charge is 1.89. The number of rotatable bonds is 2. The molecule has 0 radical (unpaired) electrons. The fourth-order valence-electron chi connectivity index (χ4n) is 0.549. The van der Waals surface area contributed by atoms with Crippen molar-refractivity contribution in [3.8, 4) is 5.75 Å². The lowest BCUT2D eigenvalue weighted by atomic mass is 10.5. The van der Waals surface area contributed by atoms with Crippen LogP contribution in [0.5, 0.6) is 5.75 Å². The quantitative estimate of drug-likeness (QED) is 0.661. The molecular formula is C6H6FNO2. The molecule has 1 aromatic rings. The van der Waals surface area contributed by atoms with Crippen molar-refractivity contribution in [3.05, 3.63) is 28.7 Å². The maximum Gasteiger partial charge on any atom is 0.248 e. The standard InChI is InChI=1S/C6H6FNO2/c7-4-10-5-1-2-6(9)8-3-5/h1-3H,4H2,(H,8,9). The van der Waals surface area contributed by atoms with E-state index in [-0.39, 0.29) is 5.56 Å². The minimum atomic E-state index is -0.883. The number of pyridine rings is 1. The summed E-state index contributed by atoms with van der Waals surface area (Å²) in [7, 11) is 0. The molecule has 1 rings (SSSR count). The highest BCUT2D eigenvalue weighted by atomic mass is 19.1. The van der Waals surface area contributed by atoms with Gasteiger partial charge in [0.2, 0.25) is 12.4 Å². The van der Waals surface area contributed by atoms with Crippen LogP contribution in [0.4, 0.5) is 4.39 Å². The van der Waals surface area contributed by atoms with Crippen molar-refractivity contribution in [3.63, 3.8) is 0 Å². The van der Waals surface area contributed by atoms with Crippen LogP contribution in [0.3, 0.4) is 0 Å². The van der Waals surface area contributed by atoms with Gasteiger partial charge < -0.3 is 9.72 Å². The van der Waals surface area contributed by atoms with Gasteiger partial charge in [-0.15, -0.1) is 0 Å². The van der Waals surface area contributed by atoms with Crippen LogP contribution in [0.2, 0.25) is 0 Å². The molecule has 0 aliphatic carbocycles. The van der Waals surface area contributed by atoms with Gasteiger partial charge in [-0.2, -0.15) is 0 Å². The van der Waals surface area contributed by atoms with E-state index < -0.39 is 6.86 Å². The van der Waals surface area contributed by atoms with Crippen LogP contribution in [0.15, 0.2) is 23.1 Å². The first-order valence-electron chi connectivity index (χ1n) is 2.70. The SMILES string of the molecule is O=c1ccc(OCF)c[nH]1. The zero-order valence-corrected chi connectivity index (χ0v) is 5.13. The van der Waals surface area contributed by atoms with Crippen molar-refractivity contribution >= 4 is 0 Å². The van der Waals surface area contributed by atoms with Gasteiger partial charge in [0.05, 0.1) is 0 Å². The van der Waals surface area contributed by atoms with Crippen molar-refractivity contribution in [1.82, 2.24) is 4.98 Å². The molecule has 0 atom stereocenters. The first kappa shape index (κ1) is 6.80. The van der Waals surface area contributed by atoms with E-state index in [1.54, 1.807) is 0 Å². The summed E-state index contributed by atoms with van der Waals surface area (Å²) < 4.78 is 15.9. The van der Waals surface area contributed by atoms with Crippen LogP contribution in [0.25, 0.3) is 0 Å². The predicted molar refractivity (Wildman–Crippen MR) is 33.7 cm³/mol. The molecule has 1 heterocycles. The molecule has 0 amide bonds.